The van der Waals surface area contributed by atoms with Crippen molar-refractivity contribution in [3.8, 4) is 5.75 Å². The molecule has 176 valence electrons. The first kappa shape index (κ1) is 21.9. The number of ether oxygens (including phenoxy) is 2. The number of methoxy groups -OCH3 is 1. The number of pyridine rings is 1. The Morgan fingerprint density at radius 3 is 2.82 bits per heavy atom. The van der Waals surface area contributed by atoms with E-state index in [1.807, 2.05) is 24.3 Å². The second-order valence-electron chi connectivity index (χ2n) is 7.63. The van der Waals surface area contributed by atoms with Crippen LogP contribution in [-0.4, -0.2) is 78.1 Å². The molecule has 4 aromatic rings. The molecule has 1 aromatic carbocycles. The van der Waals surface area contributed by atoms with E-state index in [0.717, 1.165) is 16.7 Å². The number of rotatable bonds is 6. The average Bonchev–Trinajstić information content (AvgIpc) is 3.36. The van der Waals surface area contributed by atoms with E-state index < -0.39 is 31.1 Å². The summed E-state index contributed by atoms with van der Waals surface area (Å²) in [5, 5.41) is 35.3. The number of anilines is 2. The number of nitrogens with zero attached hydrogens (tertiary/aromatic N) is 6. The van der Waals surface area contributed by atoms with Gasteiger partial charge in [-0.3, -0.25) is 4.57 Å². The molecular weight excluding hydrogens is 444 g/mol. The summed E-state index contributed by atoms with van der Waals surface area (Å²) in [6.07, 6.45) is -1.98. The van der Waals surface area contributed by atoms with Crippen molar-refractivity contribution in [1.29, 1.82) is 0 Å². The molecule has 6 N–H and O–H groups in total. The largest absolute Gasteiger partial charge is 0.497 e. The lowest BCUT2D eigenvalue weighted by molar-refractivity contribution is -0.0501. The van der Waals surface area contributed by atoms with Crippen molar-refractivity contribution in [2.45, 2.75) is 24.5 Å². The SMILES string of the molecule is COc1ccc2nc(/C=N/Nc3nc4c(N)ncnc4n3C3OC(CO)C(O)C3O)ccc2c1. The lowest BCUT2D eigenvalue weighted by atomic mass is 10.1. The number of nitrogens with two attached hydrogens (primary N) is 1. The summed E-state index contributed by atoms with van der Waals surface area (Å²) in [7, 11) is 1.61. The van der Waals surface area contributed by atoms with E-state index in [9.17, 15) is 15.3 Å². The maximum atomic E-state index is 10.5. The molecule has 0 bridgehead atoms. The zero-order chi connectivity index (χ0) is 23.8. The first-order valence-electron chi connectivity index (χ1n) is 10.3. The number of nitrogens with one attached hydrogen (secondary N) is 1. The Bertz CT molecular complexity index is 1380. The summed E-state index contributed by atoms with van der Waals surface area (Å²) < 4.78 is 12.3. The second-order valence-corrected chi connectivity index (χ2v) is 7.63. The molecule has 13 nitrogen and oxygen atoms in total. The fourth-order valence-corrected chi connectivity index (χ4v) is 3.81. The summed E-state index contributed by atoms with van der Waals surface area (Å²) >= 11 is 0. The second kappa shape index (κ2) is 8.79. The van der Waals surface area contributed by atoms with Crippen molar-refractivity contribution in [2.24, 2.45) is 5.10 Å². The van der Waals surface area contributed by atoms with Crippen LogP contribution in [0.3, 0.4) is 0 Å². The van der Waals surface area contributed by atoms with Gasteiger partial charge in [0.1, 0.15) is 30.4 Å². The maximum Gasteiger partial charge on any atom is 0.228 e. The molecule has 3 aromatic heterocycles. The van der Waals surface area contributed by atoms with Crippen molar-refractivity contribution < 1.29 is 24.8 Å². The van der Waals surface area contributed by atoms with Crippen LogP contribution >= 0.6 is 0 Å². The number of hydrogen-bond acceptors (Lipinski definition) is 12. The smallest absolute Gasteiger partial charge is 0.228 e. The van der Waals surface area contributed by atoms with Gasteiger partial charge in [-0.2, -0.15) is 5.10 Å². The Balaban J connectivity index is 1.47. The van der Waals surface area contributed by atoms with Gasteiger partial charge in [0.05, 0.1) is 31.1 Å². The van der Waals surface area contributed by atoms with Crippen molar-refractivity contribution in [3.63, 3.8) is 0 Å². The summed E-state index contributed by atoms with van der Waals surface area (Å²) in [5.74, 6) is 0.997. The number of imidazole rings is 1. The molecule has 0 saturated carbocycles. The van der Waals surface area contributed by atoms with Crippen LogP contribution in [0.4, 0.5) is 11.8 Å². The summed E-state index contributed by atoms with van der Waals surface area (Å²) in [5.41, 5.74) is 10.6. The molecule has 0 radical (unpaired) electrons. The number of aliphatic hydroxyl groups excluding tert-OH is 3. The van der Waals surface area contributed by atoms with E-state index in [1.54, 1.807) is 13.2 Å². The molecule has 4 unspecified atom stereocenters. The third-order valence-electron chi connectivity index (χ3n) is 5.56. The fourth-order valence-electron chi connectivity index (χ4n) is 3.81. The molecule has 0 amide bonds. The molecule has 4 atom stereocenters. The van der Waals surface area contributed by atoms with Crippen LogP contribution < -0.4 is 15.9 Å². The molecule has 1 aliphatic heterocycles. The lowest BCUT2D eigenvalue weighted by Crippen LogP contribution is -2.33. The van der Waals surface area contributed by atoms with Crippen LogP contribution in [-0.2, 0) is 4.74 Å². The molecule has 13 heteroatoms. The van der Waals surface area contributed by atoms with E-state index in [2.05, 4.69) is 30.5 Å². The maximum absolute atomic E-state index is 10.5. The van der Waals surface area contributed by atoms with Gasteiger partial charge in [0.25, 0.3) is 0 Å². The number of hydrogen-bond donors (Lipinski definition) is 5. The highest BCUT2D eigenvalue weighted by Gasteiger charge is 2.45. The topological polar surface area (TPSA) is 186 Å². The summed E-state index contributed by atoms with van der Waals surface area (Å²) in [6.45, 7) is -0.473. The van der Waals surface area contributed by atoms with Crippen molar-refractivity contribution >= 4 is 40.0 Å². The Labute approximate surface area is 192 Å². The van der Waals surface area contributed by atoms with Gasteiger partial charge in [-0.25, -0.2) is 25.4 Å². The molecule has 0 aliphatic carbocycles. The molecule has 1 aliphatic rings. The fraction of sp³-hybridized carbons (Fsp3) is 0.286. The number of hydrazone groups is 1. The highest BCUT2D eigenvalue weighted by molar-refractivity contribution is 5.87. The van der Waals surface area contributed by atoms with Gasteiger partial charge >= 0.3 is 0 Å². The highest BCUT2D eigenvalue weighted by atomic mass is 16.6. The zero-order valence-corrected chi connectivity index (χ0v) is 18.0. The van der Waals surface area contributed by atoms with Crippen molar-refractivity contribution in [2.75, 3.05) is 24.9 Å². The molecule has 5 rings (SSSR count). The number of nitrogen functional groups attached to an aromatic ring is 1. The standard InChI is InChI=1S/C21H22N8O5/c1-33-12-4-5-13-10(6-12)2-3-11(26-13)7-25-28-21-27-15-18(22)23-9-24-19(15)29(21)20-17(32)16(31)14(8-30)34-20/h2-7,9,14,16-17,20,30-32H,8H2,1H3,(H,27,28)(H2,22,23,24)/b25-7+. The number of aliphatic hydroxyl groups is 3. The van der Waals surface area contributed by atoms with Gasteiger partial charge < -0.3 is 30.5 Å². The van der Waals surface area contributed by atoms with Gasteiger partial charge in [-0.15, -0.1) is 0 Å². The number of benzene rings is 1. The van der Waals surface area contributed by atoms with E-state index in [0.29, 0.717) is 5.69 Å². The van der Waals surface area contributed by atoms with Crippen LogP contribution in [0.2, 0.25) is 0 Å². The van der Waals surface area contributed by atoms with E-state index in [1.165, 1.54) is 17.1 Å². The number of fused-ring (bicyclic) bond motifs is 2. The lowest BCUT2D eigenvalue weighted by Gasteiger charge is -2.18. The predicted molar refractivity (Wildman–Crippen MR) is 122 cm³/mol. The molecule has 1 saturated heterocycles. The summed E-state index contributed by atoms with van der Waals surface area (Å²) in [4.78, 5) is 17.1. The van der Waals surface area contributed by atoms with Crippen molar-refractivity contribution in [3.05, 3.63) is 42.4 Å². The number of aromatic nitrogens is 5. The van der Waals surface area contributed by atoms with Crippen LogP contribution in [0.25, 0.3) is 22.1 Å². The minimum atomic E-state index is -1.35. The van der Waals surface area contributed by atoms with Crippen molar-refractivity contribution in [1.82, 2.24) is 24.5 Å². The molecule has 34 heavy (non-hydrogen) atoms. The van der Waals surface area contributed by atoms with E-state index in [4.69, 9.17) is 15.2 Å². The van der Waals surface area contributed by atoms with Crippen LogP contribution in [0.15, 0.2) is 41.8 Å². The van der Waals surface area contributed by atoms with Gasteiger partial charge in [0.15, 0.2) is 23.2 Å². The van der Waals surface area contributed by atoms with Gasteiger partial charge in [0, 0.05) is 5.39 Å². The van der Waals surface area contributed by atoms with E-state index >= 15 is 0 Å². The highest BCUT2D eigenvalue weighted by Crippen LogP contribution is 2.35. The third-order valence-corrected chi connectivity index (χ3v) is 5.56. The third kappa shape index (κ3) is 3.76. The Morgan fingerprint density at radius 1 is 1.21 bits per heavy atom. The van der Waals surface area contributed by atoms with Gasteiger partial charge in [0.2, 0.25) is 5.95 Å². The Hall–Kier alpha value is -3.91. The van der Waals surface area contributed by atoms with Gasteiger partial charge in [-0.1, -0.05) is 6.07 Å². The minimum Gasteiger partial charge on any atom is -0.497 e. The Kier molecular flexibility index (Phi) is 5.67. The van der Waals surface area contributed by atoms with Gasteiger partial charge in [-0.05, 0) is 24.3 Å². The average molecular weight is 466 g/mol. The normalized spacial score (nSPS) is 22.7. The van der Waals surface area contributed by atoms with E-state index in [-0.39, 0.29) is 22.9 Å². The minimum absolute atomic E-state index is 0.120. The Morgan fingerprint density at radius 2 is 2.06 bits per heavy atom. The molecular formula is C21H22N8O5. The van der Waals surface area contributed by atoms with Crippen LogP contribution in [0.1, 0.15) is 11.9 Å². The summed E-state index contributed by atoms with van der Waals surface area (Å²) in [6, 6.07) is 9.25. The molecule has 1 fully saturated rings. The predicted octanol–water partition coefficient (Wildman–Crippen LogP) is 0.0228. The first-order chi connectivity index (χ1) is 16.5. The zero-order valence-electron chi connectivity index (χ0n) is 18.0. The molecule has 4 heterocycles. The first-order valence-corrected chi connectivity index (χ1v) is 10.3. The van der Waals surface area contributed by atoms with Crippen LogP contribution in [0, 0.1) is 0 Å². The quantitative estimate of drug-likeness (QED) is 0.190. The monoisotopic (exact) mass is 466 g/mol. The van der Waals surface area contributed by atoms with Crippen LogP contribution in [0.5, 0.6) is 5.75 Å². The molecule has 0 spiro atoms.